The predicted molar refractivity (Wildman–Crippen MR) is 133 cm³/mol. The first-order valence-electron chi connectivity index (χ1n) is 10.7. The summed E-state index contributed by atoms with van der Waals surface area (Å²) in [5.74, 6) is -0.528. The number of benzene rings is 2. The monoisotopic (exact) mass is 493 g/mol. The number of carbonyl (C=O) groups is 2. The van der Waals surface area contributed by atoms with Crippen LogP contribution in [0.5, 0.6) is 0 Å². The summed E-state index contributed by atoms with van der Waals surface area (Å²) in [5.41, 5.74) is 2.13. The number of amides is 2. The molecule has 0 aliphatic carbocycles. The van der Waals surface area contributed by atoms with Gasteiger partial charge in [0.2, 0.25) is 21.8 Å². The van der Waals surface area contributed by atoms with Crippen LogP contribution in [0.3, 0.4) is 0 Å². The highest BCUT2D eigenvalue weighted by Crippen LogP contribution is 2.20. The highest BCUT2D eigenvalue weighted by Gasteiger charge is 2.30. The van der Waals surface area contributed by atoms with E-state index in [1.807, 2.05) is 20.8 Å². The maximum atomic E-state index is 13.4. The van der Waals surface area contributed by atoms with Crippen molar-refractivity contribution in [3.05, 3.63) is 64.7 Å². The molecule has 0 aliphatic rings. The van der Waals surface area contributed by atoms with Crippen molar-refractivity contribution in [1.29, 1.82) is 0 Å². The van der Waals surface area contributed by atoms with E-state index in [1.165, 1.54) is 4.90 Å². The first-order chi connectivity index (χ1) is 15.4. The molecule has 0 radical (unpaired) electrons. The lowest BCUT2D eigenvalue weighted by atomic mass is 10.1. The van der Waals surface area contributed by atoms with E-state index in [0.717, 1.165) is 21.7 Å². The molecule has 1 atom stereocenters. The zero-order chi connectivity index (χ0) is 24.8. The van der Waals surface area contributed by atoms with Crippen LogP contribution >= 0.6 is 11.6 Å². The van der Waals surface area contributed by atoms with Crippen LogP contribution < -0.4 is 9.62 Å². The molecule has 0 saturated carbocycles. The summed E-state index contributed by atoms with van der Waals surface area (Å²) in [6, 6.07) is 13.0. The summed E-state index contributed by atoms with van der Waals surface area (Å²) in [4.78, 5) is 27.6. The molecule has 180 valence electrons. The molecule has 2 aromatic rings. The summed E-state index contributed by atoms with van der Waals surface area (Å²) in [6.07, 6.45) is 1.06. The van der Waals surface area contributed by atoms with Crippen LogP contribution in [0.4, 0.5) is 5.69 Å². The summed E-state index contributed by atoms with van der Waals surface area (Å²) in [5, 5.41) is 3.41. The molecule has 1 N–H and O–H groups in total. The molecule has 0 aliphatic heterocycles. The Morgan fingerprint density at radius 3 is 2.09 bits per heavy atom. The van der Waals surface area contributed by atoms with Crippen LogP contribution in [0.1, 0.15) is 31.9 Å². The summed E-state index contributed by atoms with van der Waals surface area (Å²) >= 11 is 5.97. The van der Waals surface area contributed by atoms with Crippen LogP contribution in [0.15, 0.2) is 48.5 Å². The molecule has 0 spiro atoms. The molecule has 2 aromatic carbocycles. The summed E-state index contributed by atoms with van der Waals surface area (Å²) < 4.78 is 26.1. The molecule has 9 heteroatoms. The van der Waals surface area contributed by atoms with E-state index in [-0.39, 0.29) is 18.4 Å². The third-order valence-corrected chi connectivity index (χ3v) is 6.51. The van der Waals surface area contributed by atoms with Gasteiger partial charge in [-0.15, -0.1) is 0 Å². The number of rotatable bonds is 10. The number of nitrogens with one attached hydrogen (secondary N) is 1. The number of hydrogen-bond donors (Lipinski definition) is 1. The highest BCUT2D eigenvalue weighted by atomic mass is 35.5. The molecule has 7 nitrogen and oxygen atoms in total. The fraction of sp³-hybridized carbons (Fsp3) is 0.417. The maximum absolute atomic E-state index is 13.4. The Morgan fingerprint density at radius 1 is 1.00 bits per heavy atom. The van der Waals surface area contributed by atoms with Crippen molar-refractivity contribution in [3.63, 3.8) is 0 Å². The van der Waals surface area contributed by atoms with E-state index < -0.39 is 28.5 Å². The molecule has 33 heavy (non-hydrogen) atoms. The topological polar surface area (TPSA) is 86.8 Å². The average molecular weight is 494 g/mol. The van der Waals surface area contributed by atoms with Crippen LogP contribution in [-0.4, -0.2) is 50.5 Å². The molecule has 0 saturated heterocycles. The lowest BCUT2D eigenvalue weighted by Gasteiger charge is -2.31. The van der Waals surface area contributed by atoms with E-state index in [9.17, 15) is 18.0 Å². The number of hydrogen-bond acceptors (Lipinski definition) is 4. The molecular weight excluding hydrogens is 462 g/mol. The van der Waals surface area contributed by atoms with Gasteiger partial charge in [-0.1, -0.05) is 55.3 Å². The van der Waals surface area contributed by atoms with Gasteiger partial charge in [-0.3, -0.25) is 13.9 Å². The number of carbonyl (C=O) groups excluding carboxylic acids is 2. The van der Waals surface area contributed by atoms with Crippen molar-refractivity contribution in [2.45, 2.75) is 40.3 Å². The number of halogens is 1. The second kappa shape index (κ2) is 11.5. The number of anilines is 1. The van der Waals surface area contributed by atoms with Gasteiger partial charge < -0.3 is 10.2 Å². The van der Waals surface area contributed by atoms with Crippen LogP contribution in [-0.2, 0) is 26.2 Å². The Balaban J connectivity index is 2.34. The lowest BCUT2D eigenvalue weighted by molar-refractivity contribution is -0.139. The van der Waals surface area contributed by atoms with Gasteiger partial charge in [0.05, 0.1) is 11.9 Å². The maximum Gasteiger partial charge on any atom is 0.244 e. The van der Waals surface area contributed by atoms with Crippen molar-refractivity contribution >= 4 is 39.1 Å². The third-order valence-electron chi connectivity index (χ3n) is 5.12. The molecule has 2 rings (SSSR count). The SMILES string of the molecule is Cc1ccc(N(CC(=O)N(Cc2ccc(Cl)cc2)[C@@H](C)C(=O)NCC(C)C)S(C)(=O)=O)cc1. The first kappa shape index (κ1) is 26.7. The molecule has 0 fully saturated rings. The predicted octanol–water partition coefficient (Wildman–Crippen LogP) is 3.60. The molecule has 0 aromatic heterocycles. The normalized spacial score (nSPS) is 12.3. The fourth-order valence-corrected chi connectivity index (χ4v) is 4.12. The van der Waals surface area contributed by atoms with Crippen molar-refractivity contribution in [3.8, 4) is 0 Å². The smallest absolute Gasteiger partial charge is 0.244 e. The molecule has 0 bridgehead atoms. The van der Waals surface area contributed by atoms with Gasteiger partial charge in [-0.25, -0.2) is 8.42 Å². The first-order valence-corrected chi connectivity index (χ1v) is 13.0. The van der Waals surface area contributed by atoms with Gasteiger partial charge in [-0.2, -0.15) is 0 Å². The van der Waals surface area contributed by atoms with Crippen LogP contribution in [0.2, 0.25) is 5.02 Å². The molecular formula is C24H32ClN3O4S. The van der Waals surface area contributed by atoms with Gasteiger partial charge in [0, 0.05) is 18.1 Å². The number of sulfonamides is 1. The minimum atomic E-state index is -3.74. The Hall–Kier alpha value is -2.58. The minimum absolute atomic E-state index is 0.137. The van der Waals surface area contributed by atoms with Crippen LogP contribution in [0, 0.1) is 12.8 Å². The zero-order valence-corrected chi connectivity index (χ0v) is 21.3. The van der Waals surface area contributed by atoms with Crippen molar-refractivity contribution in [2.75, 3.05) is 23.7 Å². The van der Waals surface area contributed by atoms with E-state index >= 15 is 0 Å². The Morgan fingerprint density at radius 2 is 1.58 bits per heavy atom. The second-order valence-corrected chi connectivity index (χ2v) is 10.9. The Kier molecular flexibility index (Phi) is 9.31. The minimum Gasteiger partial charge on any atom is -0.354 e. The fourth-order valence-electron chi connectivity index (χ4n) is 3.15. The van der Waals surface area contributed by atoms with Crippen LogP contribution in [0.25, 0.3) is 0 Å². The van der Waals surface area contributed by atoms with Gasteiger partial charge in [0.1, 0.15) is 12.6 Å². The quantitative estimate of drug-likeness (QED) is 0.547. The standard InChI is InChI=1S/C24H32ClN3O4S/c1-17(2)14-26-24(30)19(4)27(15-20-8-10-21(25)11-9-20)23(29)16-28(33(5,31)32)22-12-6-18(3)7-13-22/h6-13,17,19H,14-16H2,1-5H3,(H,26,30)/t19-/m0/s1. The molecule has 0 heterocycles. The van der Waals surface area contributed by atoms with Gasteiger partial charge >= 0.3 is 0 Å². The van der Waals surface area contributed by atoms with Crippen molar-refractivity contribution in [1.82, 2.24) is 10.2 Å². The van der Waals surface area contributed by atoms with Gasteiger partial charge in [0.25, 0.3) is 0 Å². The zero-order valence-electron chi connectivity index (χ0n) is 19.7. The number of aryl methyl sites for hydroxylation is 1. The largest absolute Gasteiger partial charge is 0.354 e. The van der Waals surface area contributed by atoms with Crippen molar-refractivity contribution in [2.24, 2.45) is 5.92 Å². The highest BCUT2D eigenvalue weighted by molar-refractivity contribution is 7.92. The van der Waals surface area contributed by atoms with E-state index in [1.54, 1.807) is 55.5 Å². The Bertz CT molecular complexity index is 1050. The lowest BCUT2D eigenvalue weighted by Crippen LogP contribution is -2.51. The van der Waals surface area contributed by atoms with E-state index in [2.05, 4.69) is 5.32 Å². The number of nitrogens with zero attached hydrogens (tertiary/aromatic N) is 2. The third kappa shape index (κ3) is 8.05. The Labute approximate surface area is 201 Å². The van der Waals surface area contributed by atoms with E-state index in [4.69, 9.17) is 11.6 Å². The molecule has 0 unspecified atom stereocenters. The van der Waals surface area contributed by atoms with Gasteiger partial charge in [-0.05, 0) is 49.6 Å². The average Bonchev–Trinajstić information content (AvgIpc) is 2.74. The molecule has 2 amide bonds. The van der Waals surface area contributed by atoms with E-state index in [0.29, 0.717) is 17.3 Å². The van der Waals surface area contributed by atoms with Gasteiger partial charge in [0.15, 0.2) is 0 Å². The van der Waals surface area contributed by atoms with Crippen molar-refractivity contribution < 1.29 is 18.0 Å². The summed E-state index contributed by atoms with van der Waals surface area (Å²) in [6.45, 7) is 7.69. The second-order valence-electron chi connectivity index (χ2n) is 8.57. The summed E-state index contributed by atoms with van der Waals surface area (Å²) in [7, 11) is -3.74.